The number of unbranched alkanes of at least 4 members (excludes halogenated alkanes) is 8. The van der Waals surface area contributed by atoms with Crippen LogP contribution in [0.3, 0.4) is 0 Å². The second-order valence-electron chi connectivity index (χ2n) is 5.17. The summed E-state index contributed by atoms with van der Waals surface area (Å²) >= 11 is 0. The van der Waals surface area contributed by atoms with Crippen molar-refractivity contribution in [3.63, 3.8) is 0 Å². The van der Waals surface area contributed by atoms with Gasteiger partial charge in [0.05, 0.1) is 0 Å². The molecular weight excluding hydrogens is 240 g/mol. The number of hydrogen-bond acceptors (Lipinski definition) is 3. The molecule has 0 heterocycles. The molecule has 0 aliphatic heterocycles. The molecule has 0 fully saturated rings. The molecule has 0 N–H and O–H groups in total. The highest BCUT2D eigenvalue weighted by Gasteiger charge is 2.09. The Balaban J connectivity index is 3.31. The van der Waals surface area contributed by atoms with Crippen LogP contribution in [0.5, 0.6) is 0 Å². The SMILES string of the molecule is CCCCCCCCCCC(=O)OC(=O)CCCC. The van der Waals surface area contributed by atoms with E-state index in [1.54, 1.807) is 0 Å². The molecule has 0 saturated heterocycles. The molecule has 0 atom stereocenters. The van der Waals surface area contributed by atoms with Gasteiger partial charge in [-0.1, -0.05) is 65.2 Å². The van der Waals surface area contributed by atoms with E-state index in [4.69, 9.17) is 4.74 Å². The van der Waals surface area contributed by atoms with E-state index in [-0.39, 0.29) is 11.9 Å². The first-order chi connectivity index (χ1) is 9.20. The van der Waals surface area contributed by atoms with E-state index in [9.17, 15) is 9.59 Å². The Morgan fingerprint density at radius 3 is 1.58 bits per heavy atom. The summed E-state index contributed by atoms with van der Waals surface area (Å²) in [4.78, 5) is 22.6. The fourth-order valence-corrected chi connectivity index (χ4v) is 1.95. The predicted molar refractivity (Wildman–Crippen MR) is 77.9 cm³/mol. The molecular formula is C16H30O3. The summed E-state index contributed by atoms with van der Waals surface area (Å²) in [6, 6.07) is 0. The summed E-state index contributed by atoms with van der Waals surface area (Å²) in [6.07, 6.45) is 12.0. The predicted octanol–water partition coefficient (Wildman–Crippen LogP) is 4.78. The summed E-state index contributed by atoms with van der Waals surface area (Å²) < 4.78 is 4.73. The highest BCUT2D eigenvalue weighted by molar-refractivity contribution is 5.85. The van der Waals surface area contributed by atoms with E-state index in [1.807, 2.05) is 6.92 Å². The molecule has 0 amide bonds. The zero-order valence-electron chi connectivity index (χ0n) is 12.7. The molecule has 0 aromatic heterocycles. The monoisotopic (exact) mass is 270 g/mol. The van der Waals surface area contributed by atoms with Gasteiger partial charge in [0.25, 0.3) is 0 Å². The highest BCUT2D eigenvalue weighted by atomic mass is 16.6. The number of rotatable bonds is 12. The zero-order chi connectivity index (χ0) is 14.3. The van der Waals surface area contributed by atoms with Crippen LogP contribution >= 0.6 is 0 Å². The molecule has 0 unspecified atom stereocenters. The van der Waals surface area contributed by atoms with Crippen molar-refractivity contribution in [3.05, 3.63) is 0 Å². The number of carbonyl (C=O) groups is 2. The first-order valence-corrected chi connectivity index (χ1v) is 7.94. The first-order valence-electron chi connectivity index (χ1n) is 7.94. The summed E-state index contributed by atoms with van der Waals surface area (Å²) in [6.45, 7) is 4.23. The molecule has 0 aliphatic carbocycles. The molecule has 19 heavy (non-hydrogen) atoms. The maximum Gasteiger partial charge on any atom is 0.313 e. The Hall–Kier alpha value is -0.860. The van der Waals surface area contributed by atoms with E-state index in [1.165, 1.54) is 38.5 Å². The van der Waals surface area contributed by atoms with Gasteiger partial charge in [0.1, 0.15) is 0 Å². The van der Waals surface area contributed by atoms with E-state index >= 15 is 0 Å². The zero-order valence-corrected chi connectivity index (χ0v) is 12.7. The maximum absolute atomic E-state index is 11.3. The normalized spacial score (nSPS) is 10.4. The third-order valence-corrected chi connectivity index (χ3v) is 3.20. The Morgan fingerprint density at radius 2 is 1.05 bits per heavy atom. The lowest BCUT2D eigenvalue weighted by atomic mass is 10.1. The van der Waals surface area contributed by atoms with E-state index in [0.717, 1.165) is 25.7 Å². The summed E-state index contributed by atoms with van der Waals surface area (Å²) in [7, 11) is 0. The molecule has 0 aromatic carbocycles. The van der Waals surface area contributed by atoms with Crippen molar-refractivity contribution >= 4 is 11.9 Å². The van der Waals surface area contributed by atoms with Gasteiger partial charge in [0.15, 0.2) is 0 Å². The molecule has 0 spiro atoms. The van der Waals surface area contributed by atoms with Gasteiger partial charge in [0, 0.05) is 12.8 Å². The van der Waals surface area contributed by atoms with Gasteiger partial charge >= 0.3 is 11.9 Å². The second kappa shape index (κ2) is 13.6. The fourth-order valence-electron chi connectivity index (χ4n) is 1.95. The molecule has 112 valence electrons. The van der Waals surface area contributed by atoms with Crippen molar-refractivity contribution in [1.29, 1.82) is 0 Å². The van der Waals surface area contributed by atoms with Crippen molar-refractivity contribution in [2.75, 3.05) is 0 Å². The molecule has 0 aromatic rings. The van der Waals surface area contributed by atoms with E-state index in [2.05, 4.69) is 6.92 Å². The van der Waals surface area contributed by atoms with Crippen molar-refractivity contribution in [1.82, 2.24) is 0 Å². The van der Waals surface area contributed by atoms with Crippen LogP contribution < -0.4 is 0 Å². The van der Waals surface area contributed by atoms with Crippen LogP contribution in [0.4, 0.5) is 0 Å². The minimum atomic E-state index is -0.369. The lowest BCUT2D eigenvalue weighted by molar-refractivity contribution is -0.159. The van der Waals surface area contributed by atoms with Crippen LogP contribution in [-0.2, 0) is 14.3 Å². The maximum atomic E-state index is 11.3. The van der Waals surface area contributed by atoms with Crippen molar-refractivity contribution in [2.45, 2.75) is 90.9 Å². The van der Waals surface area contributed by atoms with Crippen LogP contribution in [0.15, 0.2) is 0 Å². The Labute approximate surface area is 118 Å². The third kappa shape index (κ3) is 13.4. The second-order valence-corrected chi connectivity index (χ2v) is 5.17. The average Bonchev–Trinajstić information content (AvgIpc) is 2.39. The molecule has 3 heteroatoms. The highest BCUT2D eigenvalue weighted by Crippen LogP contribution is 2.10. The lowest BCUT2D eigenvalue weighted by Crippen LogP contribution is -2.11. The smallest absolute Gasteiger partial charge is 0.313 e. The van der Waals surface area contributed by atoms with Gasteiger partial charge in [-0.3, -0.25) is 9.59 Å². The van der Waals surface area contributed by atoms with Crippen molar-refractivity contribution in [2.24, 2.45) is 0 Å². The number of ether oxygens (including phenoxy) is 1. The largest absolute Gasteiger partial charge is 0.393 e. The van der Waals surface area contributed by atoms with Gasteiger partial charge in [-0.15, -0.1) is 0 Å². The van der Waals surface area contributed by atoms with Crippen LogP contribution in [0, 0.1) is 0 Å². The Bertz CT molecular complexity index is 236. The minimum Gasteiger partial charge on any atom is -0.393 e. The Morgan fingerprint density at radius 1 is 0.632 bits per heavy atom. The third-order valence-electron chi connectivity index (χ3n) is 3.20. The van der Waals surface area contributed by atoms with Gasteiger partial charge < -0.3 is 4.74 Å². The lowest BCUT2D eigenvalue weighted by Gasteiger charge is -2.03. The summed E-state index contributed by atoms with van der Waals surface area (Å²) in [5.74, 6) is -0.724. The van der Waals surface area contributed by atoms with Gasteiger partial charge in [-0.25, -0.2) is 0 Å². The number of carbonyl (C=O) groups excluding carboxylic acids is 2. The molecule has 0 saturated carbocycles. The van der Waals surface area contributed by atoms with E-state index < -0.39 is 0 Å². The molecule has 0 rings (SSSR count). The van der Waals surface area contributed by atoms with E-state index in [0.29, 0.717) is 12.8 Å². The standard InChI is InChI=1S/C16H30O3/c1-3-5-7-8-9-10-11-12-14-16(18)19-15(17)13-6-4-2/h3-14H2,1-2H3. The summed E-state index contributed by atoms with van der Waals surface area (Å²) in [5.41, 5.74) is 0. The van der Waals surface area contributed by atoms with Crippen molar-refractivity contribution < 1.29 is 14.3 Å². The van der Waals surface area contributed by atoms with Crippen LogP contribution in [0.1, 0.15) is 90.9 Å². The minimum absolute atomic E-state index is 0.355. The number of esters is 2. The van der Waals surface area contributed by atoms with Gasteiger partial charge in [0.2, 0.25) is 0 Å². The van der Waals surface area contributed by atoms with Crippen molar-refractivity contribution in [3.8, 4) is 0 Å². The Kier molecular flexibility index (Phi) is 13.0. The molecule has 0 radical (unpaired) electrons. The molecule has 0 aliphatic rings. The average molecular weight is 270 g/mol. The van der Waals surface area contributed by atoms with Crippen LogP contribution in [0.25, 0.3) is 0 Å². The van der Waals surface area contributed by atoms with Crippen LogP contribution in [0.2, 0.25) is 0 Å². The van der Waals surface area contributed by atoms with Gasteiger partial charge in [-0.2, -0.15) is 0 Å². The first kappa shape index (κ1) is 18.1. The fraction of sp³-hybridized carbons (Fsp3) is 0.875. The number of hydrogen-bond donors (Lipinski definition) is 0. The summed E-state index contributed by atoms with van der Waals surface area (Å²) in [5, 5.41) is 0. The topological polar surface area (TPSA) is 43.4 Å². The molecule has 3 nitrogen and oxygen atoms in total. The quantitative estimate of drug-likeness (QED) is 0.291. The molecule has 0 bridgehead atoms. The van der Waals surface area contributed by atoms with Crippen LogP contribution in [-0.4, -0.2) is 11.9 Å². The van der Waals surface area contributed by atoms with Gasteiger partial charge in [-0.05, 0) is 12.8 Å².